The van der Waals surface area contributed by atoms with Crippen molar-refractivity contribution in [2.24, 2.45) is 5.14 Å². The molecular formula is C22H20N4O3S2. The van der Waals surface area contributed by atoms with Gasteiger partial charge in [0.05, 0.1) is 28.6 Å². The highest BCUT2D eigenvalue weighted by molar-refractivity contribution is 7.89. The standard InChI is InChI=1S/C22H20N4O3S2/c1-14-13-30-22(24-14)26-21(19-12-29-19)18(20(25-26)16-5-3-2-4-6-16)11-15-7-9-17(10-8-15)31(23,27)28/h2-10,13,19H,11-12H2,1H3,(H2,23,27,28). The Morgan fingerprint density at radius 2 is 1.87 bits per heavy atom. The van der Waals surface area contributed by atoms with E-state index in [9.17, 15) is 8.42 Å². The molecule has 0 bridgehead atoms. The number of hydrogen-bond donors (Lipinski definition) is 1. The maximum atomic E-state index is 11.6. The summed E-state index contributed by atoms with van der Waals surface area (Å²) in [6.07, 6.45) is 0.544. The van der Waals surface area contributed by atoms with Gasteiger partial charge in [-0.05, 0) is 24.6 Å². The molecule has 7 nitrogen and oxygen atoms in total. The molecule has 5 rings (SSSR count). The van der Waals surface area contributed by atoms with Crippen LogP contribution in [0.25, 0.3) is 16.4 Å². The van der Waals surface area contributed by atoms with Crippen molar-refractivity contribution in [2.45, 2.75) is 24.3 Å². The van der Waals surface area contributed by atoms with E-state index in [0.29, 0.717) is 13.0 Å². The Hall–Kier alpha value is -2.85. The van der Waals surface area contributed by atoms with Crippen LogP contribution in [0.5, 0.6) is 0 Å². The molecule has 0 amide bonds. The quantitative estimate of drug-likeness (QED) is 0.450. The van der Waals surface area contributed by atoms with Crippen LogP contribution in [0.1, 0.15) is 28.6 Å². The monoisotopic (exact) mass is 452 g/mol. The first-order valence-corrected chi connectivity index (χ1v) is 12.2. The fourth-order valence-electron chi connectivity index (χ4n) is 3.59. The molecule has 1 fully saturated rings. The number of nitrogens with zero attached hydrogens (tertiary/aromatic N) is 3. The van der Waals surface area contributed by atoms with E-state index >= 15 is 0 Å². The molecule has 158 valence electrons. The van der Waals surface area contributed by atoms with Gasteiger partial charge in [-0.3, -0.25) is 0 Å². The zero-order valence-corrected chi connectivity index (χ0v) is 18.4. The summed E-state index contributed by atoms with van der Waals surface area (Å²) in [7, 11) is -3.73. The SMILES string of the molecule is Cc1csc(-n2nc(-c3ccccc3)c(Cc3ccc(S(N)(=O)=O)cc3)c2C2CO2)n1. The van der Waals surface area contributed by atoms with Crippen LogP contribution in [-0.4, -0.2) is 29.8 Å². The third kappa shape index (κ3) is 4.05. The first-order chi connectivity index (χ1) is 14.9. The lowest BCUT2D eigenvalue weighted by Gasteiger charge is -2.07. The Bertz CT molecular complexity index is 1340. The number of ether oxygens (including phenoxy) is 1. The molecule has 9 heteroatoms. The van der Waals surface area contributed by atoms with Gasteiger partial charge < -0.3 is 4.74 Å². The lowest BCUT2D eigenvalue weighted by molar-refractivity contribution is 0.406. The van der Waals surface area contributed by atoms with Gasteiger partial charge in [-0.2, -0.15) is 5.10 Å². The van der Waals surface area contributed by atoms with Gasteiger partial charge in [-0.15, -0.1) is 11.3 Å². The van der Waals surface area contributed by atoms with Gasteiger partial charge >= 0.3 is 0 Å². The van der Waals surface area contributed by atoms with Crippen LogP contribution in [0.2, 0.25) is 0 Å². The van der Waals surface area contributed by atoms with Crippen LogP contribution in [0.15, 0.2) is 64.9 Å². The number of benzene rings is 2. The van der Waals surface area contributed by atoms with E-state index in [0.717, 1.165) is 38.9 Å². The maximum Gasteiger partial charge on any atom is 0.238 e. The number of aryl methyl sites for hydroxylation is 1. The van der Waals surface area contributed by atoms with Crippen molar-refractivity contribution in [3.05, 3.63) is 82.5 Å². The molecule has 0 saturated carbocycles. The molecule has 1 unspecified atom stereocenters. The summed E-state index contributed by atoms with van der Waals surface area (Å²) in [5, 5.41) is 13.0. The average molecular weight is 453 g/mol. The van der Waals surface area contributed by atoms with Gasteiger partial charge in [0.2, 0.25) is 15.2 Å². The number of nitrogens with two attached hydrogens (primary N) is 1. The van der Waals surface area contributed by atoms with Crippen molar-refractivity contribution in [2.75, 3.05) is 6.61 Å². The van der Waals surface area contributed by atoms with E-state index in [1.54, 1.807) is 23.5 Å². The third-order valence-electron chi connectivity index (χ3n) is 5.13. The first-order valence-electron chi connectivity index (χ1n) is 9.73. The van der Waals surface area contributed by atoms with Gasteiger partial charge in [0, 0.05) is 22.9 Å². The predicted octanol–water partition coefficient (Wildman–Crippen LogP) is 3.61. The van der Waals surface area contributed by atoms with Crippen molar-refractivity contribution in [3.8, 4) is 16.4 Å². The molecule has 1 aliphatic heterocycles. The van der Waals surface area contributed by atoms with Crippen molar-refractivity contribution < 1.29 is 13.2 Å². The molecule has 2 N–H and O–H groups in total. The van der Waals surface area contributed by atoms with E-state index in [1.807, 2.05) is 47.3 Å². The molecule has 0 radical (unpaired) electrons. The molecule has 31 heavy (non-hydrogen) atoms. The van der Waals surface area contributed by atoms with Crippen LogP contribution >= 0.6 is 11.3 Å². The fourth-order valence-corrected chi connectivity index (χ4v) is 4.87. The van der Waals surface area contributed by atoms with Gasteiger partial charge in [-0.25, -0.2) is 23.2 Å². The summed E-state index contributed by atoms with van der Waals surface area (Å²) in [6, 6.07) is 16.7. The van der Waals surface area contributed by atoms with E-state index in [-0.39, 0.29) is 11.0 Å². The van der Waals surface area contributed by atoms with Crippen molar-refractivity contribution in [1.82, 2.24) is 14.8 Å². The molecule has 1 aliphatic rings. The third-order valence-corrected chi connectivity index (χ3v) is 6.99. The van der Waals surface area contributed by atoms with Crippen molar-refractivity contribution >= 4 is 21.4 Å². The Morgan fingerprint density at radius 1 is 1.16 bits per heavy atom. The molecular weight excluding hydrogens is 432 g/mol. The lowest BCUT2D eigenvalue weighted by Crippen LogP contribution is -2.11. The summed E-state index contributed by atoms with van der Waals surface area (Å²) >= 11 is 1.54. The van der Waals surface area contributed by atoms with Crippen molar-refractivity contribution in [3.63, 3.8) is 0 Å². The Labute approximate surface area is 184 Å². The highest BCUT2D eigenvalue weighted by atomic mass is 32.2. The highest BCUT2D eigenvalue weighted by Crippen LogP contribution is 2.39. The van der Waals surface area contributed by atoms with Gasteiger partial charge in [0.25, 0.3) is 0 Å². The minimum absolute atomic E-state index is 0.0344. The van der Waals surface area contributed by atoms with Crippen LogP contribution in [0.3, 0.4) is 0 Å². The molecule has 2 aromatic carbocycles. The minimum Gasteiger partial charge on any atom is -0.366 e. The van der Waals surface area contributed by atoms with Crippen LogP contribution in [0.4, 0.5) is 0 Å². The summed E-state index contributed by atoms with van der Waals surface area (Å²) in [5.74, 6) is 0. The second-order valence-corrected chi connectivity index (χ2v) is 9.85. The first kappa shape index (κ1) is 20.1. The Morgan fingerprint density at radius 3 is 2.45 bits per heavy atom. The number of sulfonamides is 1. The van der Waals surface area contributed by atoms with Crippen LogP contribution < -0.4 is 5.14 Å². The Balaban J connectivity index is 1.65. The van der Waals surface area contributed by atoms with Gasteiger partial charge in [-0.1, -0.05) is 42.5 Å². The molecule has 2 aromatic heterocycles. The highest BCUT2D eigenvalue weighted by Gasteiger charge is 2.35. The van der Waals surface area contributed by atoms with Crippen molar-refractivity contribution in [1.29, 1.82) is 0 Å². The summed E-state index contributed by atoms with van der Waals surface area (Å²) in [6.45, 7) is 2.60. The van der Waals surface area contributed by atoms with E-state index < -0.39 is 10.0 Å². The number of primary sulfonamides is 1. The van der Waals surface area contributed by atoms with E-state index in [1.165, 1.54) is 12.1 Å². The smallest absolute Gasteiger partial charge is 0.238 e. The zero-order chi connectivity index (χ0) is 21.6. The second-order valence-electron chi connectivity index (χ2n) is 7.45. The molecule has 3 heterocycles. The molecule has 1 atom stereocenters. The summed E-state index contributed by atoms with van der Waals surface area (Å²) in [5.41, 5.74) is 5.82. The van der Waals surface area contributed by atoms with E-state index in [2.05, 4.69) is 4.98 Å². The zero-order valence-electron chi connectivity index (χ0n) is 16.7. The normalized spacial score (nSPS) is 15.9. The molecule has 0 spiro atoms. The van der Waals surface area contributed by atoms with Gasteiger partial charge in [0.15, 0.2) is 0 Å². The van der Waals surface area contributed by atoms with E-state index in [4.69, 9.17) is 15.0 Å². The largest absolute Gasteiger partial charge is 0.366 e. The second kappa shape index (κ2) is 7.69. The lowest BCUT2D eigenvalue weighted by atomic mass is 9.98. The number of hydrogen-bond acceptors (Lipinski definition) is 6. The molecule has 1 saturated heterocycles. The molecule has 4 aromatic rings. The number of rotatable bonds is 6. The molecule has 0 aliphatic carbocycles. The predicted molar refractivity (Wildman–Crippen MR) is 119 cm³/mol. The maximum absolute atomic E-state index is 11.6. The number of epoxide rings is 1. The van der Waals surface area contributed by atoms with Gasteiger partial charge in [0.1, 0.15) is 6.10 Å². The summed E-state index contributed by atoms with van der Waals surface area (Å²) < 4.78 is 30.8. The van der Waals surface area contributed by atoms with Crippen LogP contribution in [0, 0.1) is 6.92 Å². The minimum atomic E-state index is -3.73. The topological polar surface area (TPSA) is 103 Å². The fraction of sp³-hybridized carbons (Fsp3) is 0.182. The van der Waals surface area contributed by atoms with Crippen LogP contribution in [-0.2, 0) is 21.2 Å². The number of thiazole rings is 1. The Kier molecular flexibility index (Phi) is 4.98. The number of aromatic nitrogens is 3. The summed E-state index contributed by atoms with van der Waals surface area (Å²) in [4.78, 5) is 4.72. The average Bonchev–Trinajstić information content (AvgIpc) is 3.39.